The van der Waals surface area contributed by atoms with Crippen LogP contribution in [0.4, 0.5) is 0 Å². The summed E-state index contributed by atoms with van der Waals surface area (Å²) in [6.07, 6.45) is 0.658. The molecule has 0 radical (unpaired) electrons. The third kappa shape index (κ3) is 5.36. The third-order valence-electron chi connectivity index (χ3n) is 6.03. The molecule has 0 aliphatic heterocycles. The molecule has 0 N–H and O–H groups in total. The summed E-state index contributed by atoms with van der Waals surface area (Å²) >= 11 is 3.43. The van der Waals surface area contributed by atoms with Crippen molar-refractivity contribution in [2.45, 2.75) is 26.3 Å². The molecule has 6 nitrogen and oxygen atoms in total. The number of methoxy groups -OCH3 is 1. The van der Waals surface area contributed by atoms with Crippen molar-refractivity contribution in [3.63, 3.8) is 0 Å². The van der Waals surface area contributed by atoms with E-state index in [1.54, 1.807) is 34.8 Å². The van der Waals surface area contributed by atoms with E-state index < -0.39 is 6.04 Å². The van der Waals surface area contributed by atoms with Crippen LogP contribution in [-0.4, -0.2) is 40.6 Å². The first-order valence-electron chi connectivity index (χ1n) is 11.5. The topological polar surface area (TPSA) is 64.4 Å². The lowest BCUT2D eigenvalue weighted by Crippen LogP contribution is -2.38. The Hall–Kier alpha value is -3.29. The molecule has 0 saturated heterocycles. The van der Waals surface area contributed by atoms with Gasteiger partial charge >= 0.3 is 0 Å². The van der Waals surface area contributed by atoms with E-state index in [1.807, 2.05) is 68.4 Å². The predicted octanol–water partition coefficient (Wildman–Crippen LogP) is 5.70. The van der Waals surface area contributed by atoms with Gasteiger partial charge in [0, 0.05) is 30.3 Å². The number of rotatable bonds is 8. The van der Waals surface area contributed by atoms with Crippen molar-refractivity contribution in [3.8, 4) is 5.69 Å². The molecule has 1 aromatic heterocycles. The Labute approximate surface area is 213 Å². The second-order valence-electron chi connectivity index (χ2n) is 8.49. The first kappa shape index (κ1) is 24.8. The van der Waals surface area contributed by atoms with Gasteiger partial charge in [-0.2, -0.15) is 0 Å². The Balaban J connectivity index is 1.87. The van der Waals surface area contributed by atoms with Gasteiger partial charge in [-0.3, -0.25) is 14.2 Å². The van der Waals surface area contributed by atoms with Gasteiger partial charge in [-0.25, -0.2) is 4.98 Å². The van der Waals surface area contributed by atoms with Crippen LogP contribution in [-0.2, 0) is 4.74 Å². The number of carbonyl (C=O) groups is 1. The van der Waals surface area contributed by atoms with Crippen LogP contribution in [0.1, 0.15) is 41.1 Å². The lowest BCUT2D eigenvalue weighted by Gasteiger charge is -2.31. The number of benzene rings is 3. The van der Waals surface area contributed by atoms with Gasteiger partial charge in [0.1, 0.15) is 5.82 Å². The highest BCUT2D eigenvalue weighted by Crippen LogP contribution is 2.25. The maximum absolute atomic E-state index is 13.7. The fourth-order valence-electron chi connectivity index (χ4n) is 4.12. The third-order valence-corrected chi connectivity index (χ3v) is 6.56. The van der Waals surface area contributed by atoms with Crippen LogP contribution in [0.15, 0.2) is 82.1 Å². The van der Waals surface area contributed by atoms with Gasteiger partial charge in [0.05, 0.1) is 22.6 Å². The first-order chi connectivity index (χ1) is 16.9. The quantitative estimate of drug-likeness (QED) is 0.272. The molecule has 7 heteroatoms. The molecule has 4 rings (SSSR count). The summed E-state index contributed by atoms with van der Waals surface area (Å²) in [5, 5.41) is 0.536. The number of halogens is 1. The van der Waals surface area contributed by atoms with Crippen molar-refractivity contribution in [1.82, 2.24) is 14.5 Å². The minimum Gasteiger partial charge on any atom is -0.385 e. The molecule has 180 valence electrons. The Morgan fingerprint density at radius 3 is 2.43 bits per heavy atom. The molecular weight excluding hydrogens is 506 g/mol. The molecule has 4 aromatic rings. The molecule has 1 amide bonds. The fourth-order valence-corrected chi connectivity index (χ4v) is 4.39. The summed E-state index contributed by atoms with van der Waals surface area (Å²) in [5.74, 6) is 0.388. The number of carbonyl (C=O) groups excluding carboxylic acids is 1. The van der Waals surface area contributed by atoms with Crippen LogP contribution in [0.3, 0.4) is 0 Å². The predicted molar refractivity (Wildman–Crippen MR) is 142 cm³/mol. The molecule has 0 bridgehead atoms. The fraction of sp³-hybridized carbons (Fsp3) is 0.250. The molecule has 35 heavy (non-hydrogen) atoms. The van der Waals surface area contributed by atoms with Gasteiger partial charge in [-0.15, -0.1) is 0 Å². The summed E-state index contributed by atoms with van der Waals surface area (Å²) in [4.78, 5) is 34.0. The number of fused-ring (bicyclic) bond motifs is 1. The first-order valence-corrected chi connectivity index (χ1v) is 12.3. The highest BCUT2D eigenvalue weighted by Gasteiger charge is 2.27. The summed E-state index contributed by atoms with van der Waals surface area (Å²) in [6.45, 7) is 4.90. The summed E-state index contributed by atoms with van der Waals surface area (Å²) in [5.41, 5.74) is 2.83. The summed E-state index contributed by atoms with van der Waals surface area (Å²) in [7, 11) is 1.64. The smallest absolute Gasteiger partial charge is 0.266 e. The van der Waals surface area contributed by atoms with E-state index in [0.717, 1.165) is 10.0 Å². The van der Waals surface area contributed by atoms with Crippen LogP contribution in [0, 0.1) is 6.92 Å². The number of aryl methyl sites for hydroxylation is 1. The second-order valence-corrected chi connectivity index (χ2v) is 9.41. The van der Waals surface area contributed by atoms with Crippen molar-refractivity contribution >= 4 is 32.7 Å². The number of aromatic nitrogens is 2. The monoisotopic (exact) mass is 533 g/mol. The van der Waals surface area contributed by atoms with E-state index in [4.69, 9.17) is 9.72 Å². The molecule has 1 heterocycles. The van der Waals surface area contributed by atoms with E-state index in [1.165, 1.54) is 0 Å². The number of hydrogen-bond donors (Lipinski definition) is 0. The maximum Gasteiger partial charge on any atom is 0.266 e. The molecule has 3 aromatic carbocycles. The second kappa shape index (κ2) is 11.0. The highest BCUT2D eigenvalue weighted by atomic mass is 79.9. The molecule has 1 unspecified atom stereocenters. The largest absolute Gasteiger partial charge is 0.385 e. The summed E-state index contributed by atoms with van der Waals surface area (Å²) < 4.78 is 7.77. The normalized spacial score (nSPS) is 12.0. The number of para-hydroxylation sites is 1. The van der Waals surface area contributed by atoms with Gasteiger partial charge in [-0.1, -0.05) is 45.8 Å². The van der Waals surface area contributed by atoms with Crippen LogP contribution < -0.4 is 5.56 Å². The van der Waals surface area contributed by atoms with Gasteiger partial charge in [0.2, 0.25) is 0 Å². The van der Waals surface area contributed by atoms with Crippen molar-refractivity contribution in [1.29, 1.82) is 0 Å². The molecule has 0 aliphatic carbocycles. The van der Waals surface area contributed by atoms with Crippen LogP contribution in [0.25, 0.3) is 16.6 Å². The van der Waals surface area contributed by atoms with E-state index in [0.29, 0.717) is 47.6 Å². The lowest BCUT2D eigenvalue weighted by molar-refractivity contribution is 0.0657. The van der Waals surface area contributed by atoms with Crippen molar-refractivity contribution in [2.24, 2.45) is 0 Å². The Morgan fingerprint density at radius 2 is 1.74 bits per heavy atom. The molecule has 0 aliphatic rings. The van der Waals surface area contributed by atoms with Crippen molar-refractivity contribution in [3.05, 3.63) is 105 Å². The van der Waals surface area contributed by atoms with Crippen LogP contribution in [0.5, 0.6) is 0 Å². The van der Waals surface area contributed by atoms with E-state index in [9.17, 15) is 9.59 Å². The minimum absolute atomic E-state index is 0.126. The van der Waals surface area contributed by atoms with Gasteiger partial charge in [0.15, 0.2) is 0 Å². The molecule has 0 fully saturated rings. The number of amides is 1. The molecule has 0 saturated carbocycles. The van der Waals surface area contributed by atoms with Gasteiger partial charge in [0.25, 0.3) is 11.5 Å². The highest BCUT2D eigenvalue weighted by molar-refractivity contribution is 9.10. The Morgan fingerprint density at radius 1 is 1.06 bits per heavy atom. The van der Waals surface area contributed by atoms with E-state index in [-0.39, 0.29) is 11.5 Å². The maximum atomic E-state index is 13.7. The van der Waals surface area contributed by atoms with Crippen LogP contribution >= 0.6 is 15.9 Å². The summed E-state index contributed by atoms with van der Waals surface area (Å²) in [6, 6.07) is 21.9. The molecule has 0 spiro atoms. The number of ether oxygens (including phenoxy) is 1. The average molecular weight is 534 g/mol. The zero-order valence-corrected chi connectivity index (χ0v) is 21.7. The Bertz CT molecular complexity index is 1380. The minimum atomic E-state index is -0.471. The molecule has 1 atom stereocenters. The Kier molecular flexibility index (Phi) is 7.78. The van der Waals surface area contributed by atoms with Crippen molar-refractivity contribution < 1.29 is 9.53 Å². The molecular formula is C28H28BrN3O3. The SMILES string of the molecule is COCCCN(C(=O)c1ccc(Br)cc1)C(C)c1nc2ccccc2c(=O)n1-c1ccc(C)cc1. The van der Waals surface area contributed by atoms with Crippen LogP contribution in [0.2, 0.25) is 0 Å². The number of hydrogen-bond acceptors (Lipinski definition) is 4. The lowest BCUT2D eigenvalue weighted by atomic mass is 10.1. The van der Waals surface area contributed by atoms with Gasteiger partial charge < -0.3 is 9.64 Å². The van der Waals surface area contributed by atoms with E-state index in [2.05, 4.69) is 15.9 Å². The zero-order valence-electron chi connectivity index (χ0n) is 20.1. The van der Waals surface area contributed by atoms with Crippen molar-refractivity contribution in [2.75, 3.05) is 20.3 Å². The zero-order chi connectivity index (χ0) is 24.9. The standard InChI is InChI=1S/C28H28BrN3O3/c1-19-9-15-23(16-10-19)32-26(30-25-8-5-4-7-24(25)28(32)34)20(2)31(17-6-18-35-3)27(33)21-11-13-22(29)14-12-21/h4-5,7-16,20H,6,17-18H2,1-3H3. The number of nitrogens with zero attached hydrogens (tertiary/aromatic N) is 3. The van der Waals surface area contributed by atoms with E-state index >= 15 is 0 Å². The average Bonchev–Trinajstić information content (AvgIpc) is 2.87. The van der Waals surface area contributed by atoms with Gasteiger partial charge in [-0.05, 0) is 68.8 Å².